The highest BCUT2D eigenvalue weighted by molar-refractivity contribution is 5.80. The second-order valence-electron chi connectivity index (χ2n) is 9.50. The molecule has 6 nitrogen and oxygen atoms in total. The van der Waals surface area contributed by atoms with Gasteiger partial charge in [0.05, 0.1) is 0 Å². The Morgan fingerprint density at radius 2 is 1.97 bits per heavy atom. The maximum absolute atomic E-state index is 13.0. The molecule has 6 heteroatoms. The largest absolute Gasteiger partial charge is 0.368 e. The van der Waals surface area contributed by atoms with Crippen molar-refractivity contribution in [2.45, 2.75) is 39.0 Å². The highest BCUT2D eigenvalue weighted by atomic mass is 16.2. The summed E-state index contributed by atoms with van der Waals surface area (Å²) in [4.78, 5) is 26.3. The molecule has 30 heavy (non-hydrogen) atoms. The minimum Gasteiger partial charge on any atom is -0.368 e. The summed E-state index contributed by atoms with van der Waals surface area (Å²) in [6, 6.07) is 12.7. The van der Waals surface area contributed by atoms with E-state index < -0.39 is 0 Å². The molecule has 0 radical (unpaired) electrons. The average Bonchev–Trinajstić information content (AvgIpc) is 3.20. The topological polar surface area (TPSA) is 75.3 Å². The number of anilines is 2. The smallest absolute Gasteiger partial charge is 0.225 e. The number of hydrogen-bond donors (Lipinski definition) is 1. The number of amides is 1. The quantitative estimate of drug-likeness (QED) is 0.827. The van der Waals surface area contributed by atoms with Crippen molar-refractivity contribution in [2.24, 2.45) is 17.3 Å². The minimum atomic E-state index is 0.114. The first-order chi connectivity index (χ1) is 14.5. The summed E-state index contributed by atoms with van der Waals surface area (Å²) in [5.41, 5.74) is 8.31. The van der Waals surface area contributed by atoms with Crippen LogP contribution in [0.15, 0.2) is 36.4 Å². The maximum atomic E-state index is 13.0. The fourth-order valence-electron chi connectivity index (χ4n) is 5.57. The van der Waals surface area contributed by atoms with Gasteiger partial charge in [-0.2, -0.15) is 4.98 Å². The summed E-state index contributed by atoms with van der Waals surface area (Å²) < 4.78 is 0. The van der Waals surface area contributed by atoms with Gasteiger partial charge in [0.15, 0.2) is 0 Å². The molecule has 1 aliphatic carbocycles. The number of aryl methyl sites for hydroxylation is 2. The molecule has 158 valence electrons. The Kier molecular flexibility index (Phi) is 4.88. The third-order valence-corrected chi connectivity index (χ3v) is 7.46. The maximum Gasteiger partial charge on any atom is 0.225 e. The molecule has 1 aromatic carbocycles. The summed E-state index contributed by atoms with van der Waals surface area (Å²) in [5, 5.41) is 0. The number of nitrogens with zero attached hydrogens (tertiary/aromatic N) is 4. The lowest BCUT2D eigenvalue weighted by molar-refractivity contribution is -0.137. The lowest BCUT2D eigenvalue weighted by Crippen LogP contribution is -2.41. The lowest BCUT2D eigenvalue weighted by Gasteiger charge is -2.33. The molecule has 2 atom stereocenters. The van der Waals surface area contributed by atoms with E-state index in [9.17, 15) is 4.79 Å². The molecule has 2 N–H and O–H groups in total. The number of fused-ring (bicyclic) bond motifs is 1. The van der Waals surface area contributed by atoms with Crippen LogP contribution < -0.4 is 10.6 Å². The molecule has 0 spiro atoms. The van der Waals surface area contributed by atoms with E-state index >= 15 is 0 Å². The van der Waals surface area contributed by atoms with Crippen molar-refractivity contribution in [2.75, 3.05) is 36.8 Å². The Morgan fingerprint density at radius 1 is 1.17 bits per heavy atom. The molecule has 5 rings (SSSR count). The van der Waals surface area contributed by atoms with Gasteiger partial charge in [-0.15, -0.1) is 0 Å². The average molecular weight is 406 g/mol. The van der Waals surface area contributed by atoms with Crippen molar-refractivity contribution in [1.29, 1.82) is 0 Å². The van der Waals surface area contributed by atoms with Gasteiger partial charge in [-0.05, 0) is 38.2 Å². The molecule has 3 heterocycles. The Bertz CT molecular complexity index is 908. The SMILES string of the molecule is Cc1cc(N2C[C@H]3CN(C(=O)C4CCC4)C[C@@]3(CCc3ccccc3)C2)nc(N)n1. The third-order valence-electron chi connectivity index (χ3n) is 7.46. The van der Waals surface area contributed by atoms with Crippen LogP contribution in [-0.2, 0) is 11.2 Å². The molecule has 0 unspecified atom stereocenters. The first-order valence-electron chi connectivity index (χ1n) is 11.2. The van der Waals surface area contributed by atoms with Gasteiger partial charge < -0.3 is 15.5 Å². The lowest BCUT2D eigenvalue weighted by atomic mass is 9.76. The second kappa shape index (κ2) is 7.56. The van der Waals surface area contributed by atoms with Crippen LogP contribution in [0.1, 0.15) is 36.9 Å². The van der Waals surface area contributed by atoms with E-state index in [-0.39, 0.29) is 11.3 Å². The van der Waals surface area contributed by atoms with Gasteiger partial charge in [-0.3, -0.25) is 4.79 Å². The number of aromatic nitrogens is 2. The highest BCUT2D eigenvalue weighted by Gasteiger charge is 2.54. The van der Waals surface area contributed by atoms with E-state index in [1.54, 1.807) is 0 Å². The number of carbonyl (C=O) groups is 1. The Morgan fingerprint density at radius 3 is 2.67 bits per heavy atom. The van der Waals surface area contributed by atoms with Gasteiger partial charge in [0, 0.05) is 55.2 Å². The van der Waals surface area contributed by atoms with Crippen molar-refractivity contribution >= 4 is 17.7 Å². The number of likely N-dealkylation sites (tertiary alicyclic amines) is 1. The van der Waals surface area contributed by atoms with Gasteiger partial charge >= 0.3 is 0 Å². The number of nitrogen functional groups attached to an aromatic ring is 1. The Labute approximate surface area is 178 Å². The highest BCUT2D eigenvalue weighted by Crippen LogP contribution is 2.47. The molecule has 2 aromatic rings. The molecular formula is C24H31N5O. The minimum absolute atomic E-state index is 0.114. The molecule has 3 fully saturated rings. The standard InChI is InChI=1S/C24H31N5O/c1-17-12-21(27-23(25)26-17)28-13-20-14-29(22(30)19-8-5-9-19)16-24(20,15-28)11-10-18-6-3-2-4-7-18/h2-4,6-7,12,19-20H,5,8-11,13-16H2,1H3,(H2,25,26,27)/t20-,24+/m0/s1. The Balaban J connectivity index is 1.38. The van der Waals surface area contributed by atoms with E-state index in [0.717, 1.165) is 63.4 Å². The third kappa shape index (κ3) is 3.53. The fourth-order valence-corrected chi connectivity index (χ4v) is 5.57. The summed E-state index contributed by atoms with van der Waals surface area (Å²) in [6.07, 6.45) is 5.48. The van der Waals surface area contributed by atoms with Crippen LogP contribution in [0.25, 0.3) is 0 Å². The zero-order valence-corrected chi connectivity index (χ0v) is 17.8. The normalized spacial score (nSPS) is 26.0. The number of nitrogens with two attached hydrogens (primary N) is 1. The Hall–Kier alpha value is -2.63. The number of rotatable bonds is 5. The number of hydrogen-bond acceptors (Lipinski definition) is 5. The first kappa shape index (κ1) is 19.3. The van der Waals surface area contributed by atoms with Crippen LogP contribution in [0.5, 0.6) is 0 Å². The molecule has 1 saturated carbocycles. The molecule has 2 aliphatic heterocycles. The van der Waals surface area contributed by atoms with Crippen LogP contribution in [-0.4, -0.2) is 47.0 Å². The molecule has 1 amide bonds. The molecule has 2 saturated heterocycles. The van der Waals surface area contributed by atoms with Crippen LogP contribution in [0.3, 0.4) is 0 Å². The van der Waals surface area contributed by atoms with Crippen LogP contribution in [0, 0.1) is 24.2 Å². The van der Waals surface area contributed by atoms with Gasteiger partial charge in [-0.25, -0.2) is 4.98 Å². The predicted molar refractivity (Wildman–Crippen MR) is 118 cm³/mol. The molecule has 1 aromatic heterocycles. The zero-order valence-electron chi connectivity index (χ0n) is 17.8. The van der Waals surface area contributed by atoms with Crippen LogP contribution in [0.4, 0.5) is 11.8 Å². The van der Waals surface area contributed by atoms with Crippen molar-refractivity contribution in [3.05, 3.63) is 47.7 Å². The zero-order chi connectivity index (χ0) is 20.7. The van der Waals surface area contributed by atoms with E-state index in [2.05, 4.69) is 50.1 Å². The van der Waals surface area contributed by atoms with Gasteiger partial charge in [0.1, 0.15) is 5.82 Å². The van der Waals surface area contributed by atoms with Crippen molar-refractivity contribution in [3.8, 4) is 0 Å². The molecular weight excluding hydrogens is 374 g/mol. The van der Waals surface area contributed by atoms with E-state index in [1.165, 1.54) is 12.0 Å². The molecule has 3 aliphatic rings. The summed E-state index contributed by atoms with van der Waals surface area (Å²) in [5.74, 6) is 2.40. The first-order valence-corrected chi connectivity index (χ1v) is 11.2. The number of benzene rings is 1. The summed E-state index contributed by atoms with van der Waals surface area (Å²) >= 11 is 0. The summed E-state index contributed by atoms with van der Waals surface area (Å²) in [7, 11) is 0. The van der Waals surface area contributed by atoms with Crippen molar-refractivity contribution in [3.63, 3.8) is 0 Å². The van der Waals surface area contributed by atoms with Crippen LogP contribution in [0.2, 0.25) is 0 Å². The van der Waals surface area contributed by atoms with Crippen molar-refractivity contribution < 1.29 is 4.79 Å². The van der Waals surface area contributed by atoms with E-state index in [4.69, 9.17) is 5.73 Å². The number of carbonyl (C=O) groups excluding carboxylic acids is 1. The van der Waals surface area contributed by atoms with E-state index in [1.807, 2.05) is 13.0 Å². The second-order valence-corrected chi connectivity index (χ2v) is 9.50. The van der Waals surface area contributed by atoms with Crippen LogP contribution >= 0.6 is 0 Å². The van der Waals surface area contributed by atoms with Crippen molar-refractivity contribution in [1.82, 2.24) is 14.9 Å². The van der Waals surface area contributed by atoms with Gasteiger partial charge in [-0.1, -0.05) is 36.8 Å². The fraction of sp³-hybridized carbons (Fsp3) is 0.542. The predicted octanol–water partition coefficient (Wildman–Crippen LogP) is 3.06. The molecule has 0 bridgehead atoms. The van der Waals surface area contributed by atoms with Gasteiger partial charge in [0.25, 0.3) is 0 Å². The van der Waals surface area contributed by atoms with Gasteiger partial charge in [0.2, 0.25) is 11.9 Å². The summed E-state index contributed by atoms with van der Waals surface area (Å²) in [6.45, 7) is 5.56. The van der Waals surface area contributed by atoms with E-state index in [0.29, 0.717) is 17.8 Å². The monoisotopic (exact) mass is 405 g/mol.